The number of anilines is 1. The molecule has 0 bridgehead atoms. The van der Waals surface area contributed by atoms with Crippen molar-refractivity contribution in [2.45, 2.75) is 13.3 Å². The highest BCUT2D eigenvalue weighted by Gasteiger charge is 2.11. The molecule has 2 N–H and O–H groups in total. The molecule has 2 aromatic carbocycles. The number of rotatable bonds is 5. The summed E-state index contributed by atoms with van der Waals surface area (Å²) >= 11 is 5.21. The summed E-state index contributed by atoms with van der Waals surface area (Å²) < 4.78 is 10.5. The van der Waals surface area contributed by atoms with E-state index in [2.05, 4.69) is 17.6 Å². The van der Waals surface area contributed by atoms with Gasteiger partial charge in [0.25, 0.3) is 5.91 Å². The topological polar surface area (TPSA) is 59.6 Å². The van der Waals surface area contributed by atoms with Crippen molar-refractivity contribution < 1.29 is 14.3 Å². The molecule has 24 heavy (non-hydrogen) atoms. The smallest absolute Gasteiger partial charge is 0.257 e. The molecule has 1 amide bonds. The summed E-state index contributed by atoms with van der Waals surface area (Å²) in [6.45, 7) is 2.07. The van der Waals surface area contributed by atoms with Crippen LogP contribution >= 0.6 is 12.2 Å². The van der Waals surface area contributed by atoms with Crippen LogP contribution in [-0.4, -0.2) is 25.2 Å². The molecule has 0 saturated carbocycles. The van der Waals surface area contributed by atoms with Crippen molar-refractivity contribution in [3.05, 3.63) is 53.6 Å². The lowest BCUT2D eigenvalue weighted by molar-refractivity contribution is 0.0977. The normalized spacial score (nSPS) is 9.96. The fourth-order valence-electron chi connectivity index (χ4n) is 2.13. The first kappa shape index (κ1) is 17.7. The molecule has 0 fully saturated rings. The molecule has 0 heterocycles. The molecule has 2 rings (SSSR count). The van der Waals surface area contributed by atoms with E-state index in [4.69, 9.17) is 21.7 Å². The van der Waals surface area contributed by atoms with E-state index in [1.807, 2.05) is 12.1 Å². The second-order valence-corrected chi connectivity index (χ2v) is 5.43. The minimum atomic E-state index is -0.267. The molecule has 2 aromatic rings. The van der Waals surface area contributed by atoms with Gasteiger partial charge in [0.1, 0.15) is 11.5 Å². The number of nitrogens with one attached hydrogen (secondary N) is 2. The van der Waals surface area contributed by atoms with Gasteiger partial charge in [0, 0.05) is 11.6 Å². The maximum Gasteiger partial charge on any atom is 0.257 e. The summed E-state index contributed by atoms with van der Waals surface area (Å²) in [6.07, 6.45) is 0.928. The third-order valence-corrected chi connectivity index (χ3v) is 3.71. The second-order valence-electron chi connectivity index (χ2n) is 5.02. The predicted molar refractivity (Wildman–Crippen MR) is 99.1 cm³/mol. The van der Waals surface area contributed by atoms with Crippen molar-refractivity contribution in [3.63, 3.8) is 0 Å². The van der Waals surface area contributed by atoms with E-state index >= 15 is 0 Å². The van der Waals surface area contributed by atoms with E-state index in [1.54, 1.807) is 44.6 Å². The van der Waals surface area contributed by atoms with Crippen LogP contribution in [0.2, 0.25) is 0 Å². The number of amides is 1. The highest BCUT2D eigenvalue weighted by Crippen LogP contribution is 2.28. The number of aryl methyl sites for hydroxylation is 1. The van der Waals surface area contributed by atoms with Gasteiger partial charge in [0.2, 0.25) is 0 Å². The zero-order valence-corrected chi connectivity index (χ0v) is 14.7. The lowest BCUT2D eigenvalue weighted by Gasteiger charge is -2.14. The average molecular weight is 344 g/mol. The van der Waals surface area contributed by atoms with Crippen molar-refractivity contribution in [2.24, 2.45) is 0 Å². The van der Waals surface area contributed by atoms with Gasteiger partial charge in [0.05, 0.1) is 19.9 Å². The highest BCUT2D eigenvalue weighted by atomic mass is 32.1. The molecular weight excluding hydrogens is 324 g/mol. The fraction of sp³-hybridized carbons (Fsp3) is 0.222. The number of hydrogen-bond acceptors (Lipinski definition) is 4. The minimum Gasteiger partial charge on any atom is -0.497 e. The molecule has 0 aliphatic carbocycles. The standard InChI is InChI=1S/C18H20N2O3S/c1-4-12-5-7-13(8-6-12)17(21)20-18(24)19-15-11-14(22-2)9-10-16(15)23-3/h5-11H,4H2,1-3H3,(H2,19,20,21,24). The van der Waals surface area contributed by atoms with E-state index < -0.39 is 0 Å². The van der Waals surface area contributed by atoms with Crippen LogP contribution in [0.1, 0.15) is 22.8 Å². The zero-order chi connectivity index (χ0) is 17.5. The van der Waals surface area contributed by atoms with Crippen LogP contribution in [0.3, 0.4) is 0 Å². The van der Waals surface area contributed by atoms with Gasteiger partial charge in [-0.25, -0.2) is 0 Å². The number of methoxy groups -OCH3 is 2. The molecule has 0 radical (unpaired) electrons. The highest BCUT2D eigenvalue weighted by molar-refractivity contribution is 7.80. The van der Waals surface area contributed by atoms with E-state index in [-0.39, 0.29) is 11.0 Å². The van der Waals surface area contributed by atoms with E-state index in [9.17, 15) is 4.79 Å². The monoisotopic (exact) mass is 344 g/mol. The molecular formula is C18H20N2O3S. The van der Waals surface area contributed by atoms with Crippen LogP contribution < -0.4 is 20.1 Å². The molecule has 0 spiro atoms. The van der Waals surface area contributed by atoms with E-state index in [1.165, 1.54) is 5.56 Å². The summed E-state index contributed by atoms with van der Waals surface area (Å²) in [7, 11) is 3.13. The Balaban J connectivity index is 2.05. The Bertz CT molecular complexity index is 730. The molecule has 0 unspecified atom stereocenters. The first-order chi connectivity index (χ1) is 11.6. The molecule has 0 aromatic heterocycles. The van der Waals surface area contributed by atoms with Crippen LogP contribution in [0, 0.1) is 0 Å². The van der Waals surface area contributed by atoms with Crippen molar-refractivity contribution in [3.8, 4) is 11.5 Å². The molecule has 6 heteroatoms. The van der Waals surface area contributed by atoms with Gasteiger partial charge in [-0.3, -0.25) is 10.1 Å². The number of ether oxygens (including phenoxy) is 2. The van der Waals surface area contributed by atoms with Crippen LogP contribution in [0.25, 0.3) is 0 Å². The quantitative estimate of drug-likeness (QED) is 0.814. The van der Waals surface area contributed by atoms with Gasteiger partial charge in [-0.15, -0.1) is 0 Å². The van der Waals surface area contributed by atoms with Crippen LogP contribution in [0.4, 0.5) is 5.69 Å². The van der Waals surface area contributed by atoms with Gasteiger partial charge in [-0.05, 0) is 48.5 Å². The van der Waals surface area contributed by atoms with Crippen molar-refractivity contribution in [2.75, 3.05) is 19.5 Å². The molecule has 126 valence electrons. The van der Waals surface area contributed by atoms with E-state index in [0.717, 1.165) is 6.42 Å². The lowest BCUT2D eigenvalue weighted by Crippen LogP contribution is -2.34. The summed E-state index contributed by atoms with van der Waals surface area (Å²) in [4.78, 5) is 12.2. The second kappa shape index (κ2) is 8.31. The maximum atomic E-state index is 12.2. The Morgan fingerprint density at radius 3 is 2.38 bits per heavy atom. The summed E-state index contributed by atoms with van der Waals surface area (Å²) in [5.41, 5.74) is 2.34. The Morgan fingerprint density at radius 2 is 1.79 bits per heavy atom. The van der Waals surface area contributed by atoms with Gasteiger partial charge >= 0.3 is 0 Å². The van der Waals surface area contributed by atoms with E-state index in [0.29, 0.717) is 22.7 Å². The van der Waals surface area contributed by atoms with Crippen molar-refractivity contribution >= 4 is 28.9 Å². The Hall–Kier alpha value is -2.60. The van der Waals surface area contributed by atoms with Gasteiger partial charge < -0.3 is 14.8 Å². The van der Waals surface area contributed by atoms with Crippen molar-refractivity contribution in [1.82, 2.24) is 5.32 Å². The third-order valence-electron chi connectivity index (χ3n) is 3.51. The summed E-state index contributed by atoms with van der Waals surface area (Å²) in [5.74, 6) is 0.985. The average Bonchev–Trinajstić information content (AvgIpc) is 2.61. The van der Waals surface area contributed by atoms with Gasteiger partial charge in [-0.1, -0.05) is 19.1 Å². The first-order valence-corrected chi connectivity index (χ1v) is 7.91. The first-order valence-electron chi connectivity index (χ1n) is 7.50. The zero-order valence-electron chi connectivity index (χ0n) is 13.9. The van der Waals surface area contributed by atoms with Crippen LogP contribution in [0.5, 0.6) is 11.5 Å². The lowest BCUT2D eigenvalue weighted by atomic mass is 10.1. The van der Waals surface area contributed by atoms with Crippen LogP contribution in [-0.2, 0) is 6.42 Å². The van der Waals surface area contributed by atoms with Crippen LogP contribution in [0.15, 0.2) is 42.5 Å². The fourth-order valence-corrected chi connectivity index (χ4v) is 2.34. The maximum absolute atomic E-state index is 12.2. The van der Waals surface area contributed by atoms with Gasteiger partial charge in [-0.2, -0.15) is 0 Å². The Labute approximate surface area is 147 Å². The minimum absolute atomic E-state index is 0.186. The molecule has 0 aliphatic rings. The SMILES string of the molecule is CCc1ccc(C(=O)NC(=S)Nc2cc(OC)ccc2OC)cc1. The number of carbonyl (C=O) groups excluding carboxylic acids is 1. The van der Waals surface area contributed by atoms with Crippen molar-refractivity contribution in [1.29, 1.82) is 0 Å². The largest absolute Gasteiger partial charge is 0.497 e. The number of carbonyl (C=O) groups is 1. The summed E-state index contributed by atoms with van der Waals surface area (Å²) in [5, 5.41) is 5.80. The third kappa shape index (κ3) is 4.45. The molecule has 0 aliphatic heterocycles. The Morgan fingerprint density at radius 1 is 1.08 bits per heavy atom. The predicted octanol–water partition coefficient (Wildman–Crippen LogP) is 3.39. The number of benzene rings is 2. The number of thiocarbonyl (C=S) groups is 1. The molecule has 0 saturated heterocycles. The van der Waals surface area contributed by atoms with Gasteiger partial charge in [0.15, 0.2) is 5.11 Å². The molecule has 0 atom stereocenters. The molecule has 5 nitrogen and oxygen atoms in total. The summed E-state index contributed by atoms with van der Waals surface area (Å²) in [6, 6.07) is 12.7. The number of hydrogen-bond donors (Lipinski definition) is 2. The Kier molecular flexibility index (Phi) is 6.14.